The Morgan fingerprint density at radius 3 is 2.62 bits per heavy atom. The Balaban J connectivity index is 1.41. The van der Waals surface area contributed by atoms with Gasteiger partial charge in [0.15, 0.2) is 0 Å². The molecule has 1 saturated carbocycles. The van der Waals surface area contributed by atoms with Gasteiger partial charge in [-0.15, -0.1) is 5.10 Å². The van der Waals surface area contributed by atoms with Crippen LogP contribution in [0.3, 0.4) is 0 Å². The van der Waals surface area contributed by atoms with E-state index in [-0.39, 0.29) is 0 Å². The van der Waals surface area contributed by atoms with Crippen LogP contribution >= 0.6 is 0 Å². The molecule has 0 radical (unpaired) electrons. The zero-order chi connectivity index (χ0) is 15.9. The number of hydrogen-bond donors (Lipinski definition) is 2. The molecule has 2 aliphatic heterocycles. The summed E-state index contributed by atoms with van der Waals surface area (Å²) in [6.07, 6.45) is 5.00. The smallest absolute Gasteiger partial charge is 0.242 e. The highest BCUT2D eigenvalue weighted by Crippen LogP contribution is 2.36. The maximum atomic E-state index is 4.92. The van der Waals surface area contributed by atoms with Crippen LogP contribution in [-0.4, -0.2) is 33.9 Å². The van der Waals surface area contributed by atoms with E-state index >= 15 is 0 Å². The molecule has 3 heterocycles. The third-order valence-corrected chi connectivity index (χ3v) is 6.11. The first-order chi connectivity index (χ1) is 11.9. The van der Waals surface area contributed by atoms with Crippen LogP contribution in [0.2, 0.25) is 0 Å². The number of rotatable bonds is 3. The predicted molar refractivity (Wildman–Crippen MR) is 94.0 cm³/mol. The van der Waals surface area contributed by atoms with Crippen LogP contribution in [0, 0.1) is 11.8 Å². The second-order valence-corrected chi connectivity index (χ2v) is 7.55. The van der Waals surface area contributed by atoms with E-state index in [2.05, 4.69) is 45.6 Å². The van der Waals surface area contributed by atoms with Crippen LogP contribution in [0.4, 0.5) is 5.95 Å². The van der Waals surface area contributed by atoms with Crippen LogP contribution in [0.1, 0.15) is 43.0 Å². The Bertz CT molecular complexity index is 694. The maximum Gasteiger partial charge on any atom is 0.242 e. The van der Waals surface area contributed by atoms with Crippen molar-refractivity contribution >= 4 is 5.95 Å². The number of anilines is 1. The van der Waals surface area contributed by atoms with Gasteiger partial charge < -0.3 is 10.6 Å². The molecule has 0 spiro atoms. The quantitative estimate of drug-likeness (QED) is 0.912. The van der Waals surface area contributed by atoms with Crippen LogP contribution < -0.4 is 10.6 Å². The van der Waals surface area contributed by atoms with Crippen molar-refractivity contribution in [3.8, 4) is 0 Å². The molecule has 5 nitrogen and oxygen atoms in total. The zero-order valence-electron chi connectivity index (χ0n) is 14.0. The Hall–Kier alpha value is -1.88. The largest absolute Gasteiger partial charge is 0.350 e. The van der Waals surface area contributed by atoms with Crippen LogP contribution in [0.15, 0.2) is 30.3 Å². The van der Waals surface area contributed by atoms with Crippen LogP contribution in [-0.2, 0) is 6.54 Å². The van der Waals surface area contributed by atoms with Crippen molar-refractivity contribution in [1.82, 2.24) is 20.1 Å². The zero-order valence-corrected chi connectivity index (χ0v) is 14.0. The van der Waals surface area contributed by atoms with Crippen molar-refractivity contribution in [2.75, 3.05) is 18.4 Å². The van der Waals surface area contributed by atoms with Crippen molar-refractivity contribution in [2.24, 2.45) is 11.8 Å². The molecule has 1 aromatic heterocycles. The topological polar surface area (TPSA) is 54.8 Å². The molecular formula is C19H25N5. The Morgan fingerprint density at radius 1 is 1.04 bits per heavy atom. The van der Waals surface area contributed by atoms with Crippen LogP contribution in [0.5, 0.6) is 0 Å². The molecule has 126 valence electrons. The van der Waals surface area contributed by atoms with Gasteiger partial charge >= 0.3 is 0 Å². The standard InChI is InChI=1S/C19H25N5/c1-2-5-13(6-3-1)16-7-4-10-24-18(16)22-19(23-24)21-17-14-8-9-15(17)12-20-11-14/h1-3,5-6,14-17,20H,4,7-12H2,(H,21,23)/t14-,15+,16?,17?. The van der Waals surface area contributed by atoms with Gasteiger partial charge in [0.05, 0.1) is 0 Å². The molecule has 1 aromatic carbocycles. The minimum Gasteiger partial charge on any atom is -0.350 e. The van der Waals surface area contributed by atoms with E-state index in [1.165, 1.54) is 31.2 Å². The minimum atomic E-state index is 0.382. The van der Waals surface area contributed by atoms with Gasteiger partial charge in [-0.25, -0.2) is 4.68 Å². The Kier molecular flexibility index (Phi) is 3.55. The Labute approximate surface area is 142 Å². The minimum absolute atomic E-state index is 0.382. The van der Waals surface area contributed by atoms with Crippen molar-refractivity contribution in [3.63, 3.8) is 0 Å². The first-order valence-electron chi connectivity index (χ1n) is 9.35. The first-order valence-corrected chi connectivity index (χ1v) is 9.35. The molecule has 2 fully saturated rings. The molecule has 2 unspecified atom stereocenters. The molecule has 3 aliphatic rings. The molecule has 0 amide bonds. The van der Waals surface area contributed by atoms with Crippen molar-refractivity contribution in [2.45, 2.75) is 44.2 Å². The lowest BCUT2D eigenvalue weighted by atomic mass is 9.91. The van der Waals surface area contributed by atoms with Gasteiger partial charge in [-0.1, -0.05) is 30.3 Å². The number of piperidine rings is 1. The summed E-state index contributed by atoms with van der Waals surface area (Å²) < 4.78 is 2.13. The molecule has 24 heavy (non-hydrogen) atoms. The van der Waals surface area contributed by atoms with Gasteiger partial charge in [-0.2, -0.15) is 4.98 Å². The molecule has 2 N–H and O–H groups in total. The number of benzene rings is 1. The summed E-state index contributed by atoms with van der Waals surface area (Å²) in [4.78, 5) is 4.92. The number of fused-ring (bicyclic) bond motifs is 3. The summed E-state index contributed by atoms with van der Waals surface area (Å²) >= 11 is 0. The lowest BCUT2D eigenvalue weighted by molar-refractivity contribution is 0.341. The summed E-state index contributed by atoms with van der Waals surface area (Å²) in [6, 6.07) is 11.3. The van der Waals surface area contributed by atoms with Gasteiger partial charge in [0, 0.05) is 18.5 Å². The van der Waals surface area contributed by atoms with E-state index in [9.17, 15) is 0 Å². The molecule has 2 aromatic rings. The summed E-state index contributed by atoms with van der Waals surface area (Å²) in [5.74, 6) is 3.82. The van der Waals surface area contributed by atoms with Gasteiger partial charge in [-0.05, 0) is 56.2 Å². The fourth-order valence-corrected chi connectivity index (χ4v) is 4.88. The fraction of sp³-hybridized carbons (Fsp3) is 0.579. The lowest BCUT2D eigenvalue weighted by Gasteiger charge is -2.31. The average molecular weight is 323 g/mol. The molecule has 5 rings (SSSR count). The second kappa shape index (κ2) is 5.88. The highest BCUT2D eigenvalue weighted by atomic mass is 15.4. The van der Waals surface area contributed by atoms with Gasteiger partial charge in [0.2, 0.25) is 5.95 Å². The molecule has 1 aliphatic carbocycles. The first kappa shape index (κ1) is 14.5. The van der Waals surface area contributed by atoms with E-state index in [0.717, 1.165) is 43.2 Å². The number of nitrogens with zero attached hydrogens (tertiary/aromatic N) is 3. The van der Waals surface area contributed by atoms with E-state index in [1.54, 1.807) is 0 Å². The third kappa shape index (κ3) is 2.42. The SMILES string of the molecule is c1ccc(C2CCCn3nc(NC4[C@@H]5CC[C@H]4CNC5)nc32)cc1. The number of hydrogen-bond acceptors (Lipinski definition) is 4. The van der Waals surface area contributed by atoms with Gasteiger partial charge in [0.25, 0.3) is 0 Å². The van der Waals surface area contributed by atoms with E-state index in [0.29, 0.717) is 12.0 Å². The number of aryl methyl sites for hydroxylation is 1. The summed E-state index contributed by atoms with van der Waals surface area (Å²) in [6.45, 7) is 3.26. The highest BCUT2D eigenvalue weighted by Gasteiger charge is 2.39. The van der Waals surface area contributed by atoms with E-state index in [1.807, 2.05) is 0 Å². The molecule has 1 saturated heterocycles. The van der Waals surface area contributed by atoms with Crippen molar-refractivity contribution in [3.05, 3.63) is 41.7 Å². The molecule has 2 bridgehead atoms. The highest BCUT2D eigenvalue weighted by molar-refractivity contribution is 5.33. The maximum absolute atomic E-state index is 4.92. The second-order valence-electron chi connectivity index (χ2n) is 7.55. The Morgan fingerprint density at radius 2 is 1.83 bits per heavy atom. The molecular weight excluding hydrogens is 298 g/mol. The normalized spacial score (nSPS) is 31.7. The monoisotopic (exact) mass is 323 g/mol. The van der Waals surface area contributed by atoms with E-state index < -0.39 is 0 Å². The molecule has 5 heteroatoms. The van der Waals surface area contributed by atoms with Crippen molar-refractivity contribution in [1.29, 1.82) is 0 Å². The number of aromatic nitrogens is 3. The van der Waals surface area contributed by atoms with E-state index in [4.69, 9.17) is 10.1 Å². The van der Waals surface area contributed by atoms with Gasteiger partial charge in [0.1, 0.15) is 5.82 Å². The van der Waals surface area contributed by atoms with Gasteiger partial charge in [-0.3, -0.25) is 0 Å². The van der Waals surface area contributed by atoms with Crippen LogP contribution in [0.25, 0.3) is 0 Å². The van der Waals surface area contributed by atoms with Crippen molar-refractivity contribution < 1.29 is 0 Å². The number of nitrogens with one attached hydrogen (secondary N) is 2. The summed E-state index contributed by atoms with van der Waals surface area (Å²) in [7, 11) is 0. The fourth-order valence-electron chi connectivity index (χ4n) is 4.88. The molecule has 4 atom stereocenters. The lowest BCUT2D eigenvalue weighted by Crippen LogP contribution is -2.45. The third-order valence-electron chi connectivity index (χ3n) is 6.11. The average Bonchev–Trinajstić information content (AvgIpc) is 3.11. The summed E-state index contributed by atoms with van der Waals surface area (Å²) in [5, 5.41) is 12.0. The summed E-state index contributed by atoms with van der Waals surface area (Å²) in [5.41, 5.74) is 1.36. The predicted octanol–water partition coefficient (Wildman–Crippen LogP) is 2.61.